The fourth-order valence-electron chi connectivity index (χ4n) is 0.160. The lowest BCUT2D eigenvalue weighted by Gasteiger charge is -1.72. The van der Waals surface area contributed by atoms with Gasteiger partial charge in [-0.15, -0.1) is 0 Å². The Kier molecular flexibility index (Phi) is 4.00. The monoisotopic (exact) mass is 127 g/mol. The summed E-state index contributed by atoms with van der Waals surface area (Å²) in [6.07, 6.45) is 1.36. The lowest BCUT2D eigenvalue weighted by atomic mass is 10.5. The highest BCUT2D eigenvalue weighted by molar-refractivity contribution is 8.06. The van der Waals surface area contributed by atoms with Crippen LogP contribution in [0.1, 0.15) is 6.92 Å². The summed E-state index contributed by atoms with van der Waals surface area (Å²) < 4.78 is 0. The van der Waals surface area contributed by atoms with E-state index in [1.807, 2.05) is 0 Å². The maximum atomic E-state index is 10.1. The van der Waals surface area contributed by atoms with E-state index in [9.17, 15) is 4.79 Å². The minimum atomic E-state index is -0.0345. The van der Waals surface area contributed by atoms with Gasteiger partial charge in [-0.05, 0) is 30.2 Å². The van der Waals surface area contributed by atoms with Gasteiger partial charge in [0.1, 0.15) is 5.40 Å². The maximum absolute atomic E-state index is 10.1. The van der Waals surface area contributed by atoms with Crippen LogP contribution < -0.4 is 0 Å². The molecule has 0 N–H and O–H groups in total. The second kappa shape index (κ2) is 4.41. The van der Waals surface area contributed by atoms with E-state index in [1.165, 1.54) is 18.4 Å². The minimum absolute atomic E-state index is 0.0345. The SMILES string of the molecule is CC(=O)/C=C/SC#N. The Labute approximate surface area is 52.2 Å². The van der Waals surface area contributed by atoms with E-state index in [0.717, 1.165) is 11.8 Å². The van der Waals surface area contributed by atoms with Crippen molar-refractivity contribution in [1.29, 1.82) is 5.26 Å². The maximum Gasteiger partial charge on any atom is 0.153 e. The highest BCUT2D eigenvalue weighted by Crippen LogP contribution is 1.96. The molecule has 0 aromatic heterocycles. The molecule has 2 nitrogen and oxygen atoms in total. The van der Waals surface area contributed by atoms with Crippen molar-refractivity contribution >= 4 is 17.5 Å². The van der Waals surface area contributed by atoms with Gasteiger partial charge in [-0.25, -0.2) is 0 Å². The largest absolute Gasteiger partial charge is 0.295 e. The van der Waals surface area contributed by atoms with Gasteiger partial charge in [0, 0.05) is 0 Å². The molecule has 0 saturated carbocycles. The van der Waals surface area contributed by atoms with Crippen LogP contribution in [0.5, 0.6) is 0 Å². The summed E-state index contributed by atoms with van der Waals surface area (Å²) in [5, 5.41) is 11.2. The Morgan fingerprint density at radius 1 is 1.88 bits per heavy atom. The fraction of sp³-hybridized carbons (Fsp3) is 0.200. The molecule has 0 rings (SSSR count). The summed E-state index contributed by atoms with van der Waals surface area (Å²) in [5.41, 5.74) is 0. The predicted molar refractivity (Wildman–Crippen MR) is 33.0 cm³/mol. The van der Waals surface area contributed by atoms with Crippen molar-refractivity contribution in [3.05, 3.63) is 11.5 Å². The molecule has 0 fully saturated rings. The number of hydrogen-bond donors (Lipinski definition) is 0. The summed E-state index contributed by atoms with van der Waals surface area (Å²) in [6.45, 7) is 1.44. The minimum Gasteiger partial charge on any atom is -0.295 e. The molecule has 0 aliphatic carbocycles. The average molecular weight is 127 g/mol. The molecule has 0 saturated heterocycles. The van der Waals surface area contributed by atoms with Crippen LogP contribution in [0.25, 0.3) is 0 Å². The highest BCUT2D eigenvalue weighted by Gasteiger charge is 1.78. The van der Waals surface area contributed by atoms with E-state index in [0.29, 0.717) is 0 Å². The molecule has 0 amide bonds. The number of carbonyl (C=O) groups excluding carboxylic acids is 1. The van der Waals surface area contributed by atoms with Crippen molar-refractivity contribution in [2.45, 2.75) is 6.92 Å². The summed E-state index contributed by atoms with van der Waals surface area (Å²) in [6, 6.07) is 0. The standard InChI is InChI=1S/C5H5NOS/c1-5(7)2-3-8-4-6/h2-3H,1H3/b3-2+. The van der Waals surface area contributed by atoms with Gasteiger partial charge in [0.2, 0.25) is 0 Å². The second-order valence-electron chi connectivity index (χ2n) is 1.12. The molecule has 0 radical (unpaired) electrons. The van der Waals surface area contributed by atoms with Gasteiger partial charge in [-0.3, -0.25) is 4.79 Å². The van der Waals surface area contributed by atoms with Crippen molar-refractivity contribution in [1.82, 2.24) is 0 Å². The molecule has 8 heavy (non-hydrogen) atoms. The van der Waals surface area contributed by atoms with Gasteiger partial charge in [0.25, 0.3) is 0 Å². The quantitative estimate of drug-likeness (QED) is 0.414. The molecule has 0 heterocycles. The molecule has 0 spiro atoms. The van der Waals surface area contributed by atoms with Gasteiger partial charge in [0.05, 0.1) is 0 Å². The third kappa shape index (κ3) is 5.25. The second-order valence-corrected chi connectivity index (χ2v) is 1.81. The number of thioether (sulfide) groups is 1. The van der Waals surface area contributed by atoms with Crippen molar-refractivity contribution < 1.29 is 4.79 Å². The van der Waals surface area contributed by atoms with Crippen LogP contribution in [0.2, 0.25) is 0 Å². The van der Waals surface area contributed by atoms with Gasteiger partial charge < -0.3 is 0 Å². The molecule has 0 aromatic rings. The van der Waals surface area contributed by atoms with Crippen molar-refractivity contribution in [2.24, 2.45) is 0 Å². The Bertz CT molecular complexity index is 145. The van der Waals surface area contributed by atoms with Crippen LogP contribution in [0, 0.1) is 10.7 Å². The molecule has 3 heteroatoms. The third-order valence-corrected chi connectivity index (χ3v) is 0.801. The van der Waals surface area contributed by atoms with Crippen LogP contribution in [0.3, 0.4) is 0 Å². The zero-order valence-corrected chi connectivity index (χ0v) is 5.23. The van der Waals surface area contributed by atoms with E-state index in [-0.39, 0.29) is 5.78 Å². The Hall–Kier alpha value is -0.750. The number of allylic oxidation sites excluding steroid dienone is 1. The zero-order valence-electron chi connectivity index (χ0n) is 4.42. The smallest absolute Gasteiger partial charge is 0.153 e. The highest BCUT2D eigenvalue weighted by atomic mass is 32.2. The summed E-state index contributed by atoms with van der Waals surface area (Å²) >= 11 is 0.941. The first kappa shape index (κ1) is 7.25. The summed E-state index contributed by atoms with van der Waals surface area (Å²) in [7, 11) is 0. The van der Waals surface area contributed by atoms with E-state index in [1.54, 1.807) is 5.40 Å². The molecule has 0 atom stereocenters. The zero-order chi connectivity index (χ0) is 6.41. The normalized spacial score (nSPS) is 9.00. The number of rotatable bonds is 2. The Balaban J connectivity index is 3.38. The van der Waals surface area contributed by atoms with Crippen LogP contribution in [-0.4, -0.2) is 5.78 Å². The molecule has 0 bridgehead atoms. The van der Waals surface area contributed by atoms with Gasteiger partial charge >= 0.3 is 0 Å². The lowest BCUT2D eigenvalue weighted by molar-refractivity contribution is -0.112. The predicted octanol–water partition coefficient (Wildman–Crippen LogP) is 1.30. The molecular weight excluding hydrogens is 122 g/mol. The Morgan fingerprint density at radius 2 is 2.50 bits per heavy atom. The van der Waals surface area contributed by atoms with Crippen LogP contribution in [-0.2, 0) is 4.79 Å². The molecule has 0 unspecified atom stereocenters. The molecule has 0 aliphatic rings. The lowest BCUT2D eigenvalue weighted by Crippen LogP contribution is -1.76. The number of nitriles is 1. The van der Waals surface area contributed by atoms with E-state index < -0.39 is 0 Å². The number of thiocyanates is 1. The molecular formula is C5H5NOS. The number of hydrogen-bond acceptors (Lipinski definition) is 3. The third-order valence-electron chi connectivity index (χ3n) is 0.423. The van der Waals surface area contributed by atoms with Gasteiger partial charge in [-0.2, -0.15) is 5.26 Å². The van der Waals surface area contributed by atoms with Gasteiger partial charge in [-0.1, -0.05) is 0 Å². The fourth-order valence-corrected chi connectivity index (χ4v) is 0.481. The summed E-state index contributed by atoms with van der Waals surface area (Å²) in [5.74, 6) is -0.0345. The van der Waals surface area contributed by atoms with Crippen LogP contribution >= 0.6 is 11.8 Å². The van der Waals surface area contributed by atoms with Crippen molar-refractivity contribution in [3.63, 3.8) is 0 Å². The first-order valence-electron chi connectivity index (χ1n) is 1.99. The first-order valence-corrected chi connectivity index (χ1v) is 2.87. The van der Waals surface area contributed by atoms with Crippen LogP contribution in [0.15, 0.2) is 11.5 Å². The number of nitrogens with zero attached hydrogens (tertiary/aromatic N) is 1. The van der Waals surface area contributed by atoms with Crippen molar-refractivity contribution in [2.75, 3.05) is 0 Å². The number of ketones is 1. The topological polar surface area (TPSA) is 40.9 Å². The average Bonchev–Trinajstić information content (AvgIpc) is 1.66. The van der Waals surface area contributed by atoms with E-state index >= 15 is 0 Å². The Morgan fingerprint density at radius 3 is 2.88 bits per heavy atom. The van der Waals surface area contributed by atoms with Crippen LogP contribution in [0.4, 0.5) is 0 Å². The summed E-state index contributed by atoms with van der Waals surface area (Å²) in [4.78, 5) is 10.1. The van der Waals surface area contributed by atoms with Crippen molar-refractivity contribution in [3.8, 4) is 5.40 Å². The van der Waals surface area contributed by atoms with E-state index in [4.69, 9.17) is 5.26 Å². The molecule has 0 aromatic carbocycles. The van der Waals surface area contributed by atoms with E-state index in [2.05, 4.69) is 0 Å². The van der Waals surface area contributed by atoms with Gasteiger partial charge in [0.15, 0.2) is 5.78 Å². The first-order chi connectivity index (χ1) is 3.77. The number of carbonyl (C=O) groups is 1. The molecule has 42 valence electrons. The molecule has 0 aliphatic heterocycles.